The number of benzene rings is 1. The number of aromatic nitrogens is 1. The van der Waals surface area contributed by atoms with E-state index in [-0.39, 0.29) is 12.5 Å². The SMILES string of the molecule is C[C@@]1(c2ccc(F)cc2)NC(=O)N(CC(=O)N2CCN(c3nccs3)CC2)C1=O. The number of amides is 4. The van der Waals surface area contributed by atoms with Crippen LogP contribution in [0.3, 0.4) is 0 Å². The number of piperazine rings is 1. The van der Waals surface area contributed by atoms with Crippen molar-refractivity contribution in [2.24, 2.45) is 0 Å². The summed E-state index contributed by atoms with van der Waals surface area (Å²) < 4.78 is 13.2. The molecule has 2 aliphatic heterocycles. The Balaban J connectivity index is 1.40. The zero-order valence-corrected chi connectivity index (χ0v) is 16.6. The van der Waals surface area contributed by atoms with Gasteiger partial charge in [0.15, 0.2) is 5.13 Å². The quantitative estimate of drug-likeness (QED) is 0.760. The van der Waals surface area contributed by atoms with E-state index in [1.807, 2.05) is 5.38 Å². The minimum Gasteiger partial charge on any atom is -0.345 e. The Morgan fingerprint density at radius 1 is 1.21 bits per heavy atom. The first-order valence-corrected chi connectivity index (χ1v) is 10.1. The minimum absolute atomic E-state index is 0.282. The predicted molar refractivity (Wildman–Crippen MR) is 105 cm³/mol. The molecule has 3 heterocycles. The highest BCUT2D eigenvalue weighted by atomic mass is 32.1. The first-order chi connectivity index (χ1) is 13.9. The summed E-state index contributed by atoms with van der Waals surface area (Å²) in [6, 6.07) is 4.75. The molecule has 0 spiro atoms. The molecule has 0 aliphatic carbocycles. The smallest absolute Gasteiger partial charge is 0.325 e. The Labute approximate surface area is 170 Å². The van der Waals surface area contributed by atoms with E-state index in [4.69, 9.17) is 0 Å². The maximum absolute atomic E-state index is 13.2. The molecular formula is C19H20FN5O3S. The fraction of sp³-hybridized carbons (Fsp3) is 0.368. The molecule has 2 aliphatic rings. The van der Waals surface area contributed by atoms with Gasteiger partial charge in [-0.1, -0.05) is 12.1 Å². The van der Waals surface area contributed by atoms with Crippen LogP contribution in [-0.2, 0) is 15.1 Å². The van der Waals surface area contributed by atoms with Gasteiger partial charge in [0.25, 0.3) is 5.91 Å². The number of thiazole rings is 1. The van der Waals surface area contributed by atoms with Crippen molar-refractivity contribution in [1.82, 2.24) is 20.1 Å². The third-order valence-electron chi connectivity index (χ3n) is 5.31. The lowest BCUT2D eigenvalue weighted by Crippen LogP contribution is -2.52. The molecule has 4 rings (SSSR count). The third-order valence-corrected chi connectivity index (χ3v) is 6.14. The molecule has 0 bridgehead atoms. The second-order valence-corrected chi connectivity index (χ2v) is 8.01. The number of carbonyl (C=O) groups is 3. The van der Waals surface area contributed by atoms with E-state index in [0.717, 1.165) is 10.0 Å². The van der Waals surface area contributed by atoms with E-state index < -0.39 is 23.3 Å². The van der Waals surface area contributed by atoms with Crippen LogP contribution in [0.2, 0.25) is 0 Å². The van der Waals surface area contributed by atoms with Gasteiger partial charge < -0.3 is 15.1 Å². The van der Waals surface area contributed by atoms with Crippen LogP contribution in [0, 0.1) is 5.82 Å². The van der Waals surface area contributed by atoms with Crippen molar-refractivity contribution in [2.75, 3.05) is 37.6 Å². The van der Waals surface area contributed by atoms with Gasteiger partial charge in [-0.05, 0) is 24.6 Å². The summed E-state index contributed by atoms with van der Waals surface area (Å²) in [6.07, 6.45) is 1.74. The highest BCUT2D eigenvalue weighted by Crippen LogP contribution is 2.29. The standard InChI is InChI=1S/C19H20FN5O3S/c1-19(13-2-4-14(20)5-3-13)16(27)25(17(28)22-19)12-15(26)23-7-9-24(10-8-23)18-21-6-11-29-18/h2-6,11H,7-10,12H2,1H3,(H,22,28)/t19-/m0/s1. The first-order valence-electron chi connectivity index (χ1n) is 9.21. The first kappa shape index (κ1) is 19.3. The summed E-state index contributed by atoms with van der Waals surface area (Å²) in [6.45, 7) is 3.52. The number of nitrogens with zero attached hydrogens (tertiary/aromatic N) is 4. The fourth-order valence-corrected chi connectivity index (χ4v) is 4.27. The Morgan fingerprint density at radius 2 is 1.90 bits per heavy atom. The second-order valence-electron chi connectivity index (χ2n) is 7.14. The third kappa shape index (κ3) is 3.55. The summed E-state index contributed by atoms with van der Waals surface area (Å²) in [4.78, 5) is 47.0. The van der Waals surface area contributed by atoms with Gasteiger partial charge >= 0.3 is 6.03 Å². The van der Waals surface area contributed by atoms with E-state index in [9.17, 15) is 18.8 Å². The van der Waals surface area contributed by atoms with Crippen molar-refractivity contribution in [1.29, 1.82) is 0 Å². The lowest BCUT2D eigenvalue weighted by atomic mass is 9.92. The lowest BCUT2D eigenvalue weighted by Gasteiger charge is -2.35. The Bertz CT molecular complexity index is 928. The molecule has 4 amide bonds. The molecule has 1 aromatic heterocycles. The van der Waals surface area contributed by atoms with Gasteiger partial charge in [-0.2, -0.15) is 0 Å². The van der Waals surface area contributed by atoms with E-state index in [1.165, 1.54) is 24.3 Å². The number of halogens is 1. The molecule has 29 heavy (non-hydrogen) atoms. The van der Waals surface area contributed by atoms with E-state index in [0.29, 0.717) is 31.7 Å². The number of imide groups is 1. The molecule has 0 radical (unpaired) electrons. The van der Waals surface area contributed by atoms with E-state index >= 15 is 0 Å². The molecule has 2 saturated heterocycles. The van der Waals surface area contributed by atoms with Crippen LogP contribution in [0.1, 0.15) is 12.5 Å². The largest absolute Gasteiger partial charge is 0.345 e. The number of carbonyl (C=O) groups excluding carboxylic acids is 3. The predicted octanol–water partition coefficient (Wildman–Crippen LogP) is 1.40. The topological polar surface area (TPSA) is 85.8 Å². The van der Waals surface area contributed by atoms with Crippen molar-refractivity contribution in [2.45, 2.75) is 12.5 Å². The average molecular weight is 417 g/mol. The van der Waals surface area contributed by atoms with Crippen LogP contribution in [0.15, 0.2) is 35.8 Å². The molecule has 1 aromatic carbocycles. The van der Waals surface area contributed by atoms with Gasteiger partial charge in [-0.15, -0.1) is 11.3 Å². The number of nitrogens with one attached hydrogen (secondary N) is 1. The number of anilines is 1. The van der Waals surface area contributed by atoms with Gasteiger partial charge in [0.05, 0.1) is 0 Å². The van der Waals surface area contributed by atoms with Crippen LogP contribution >= 0.6 is 11.3 Å². The summed E-state index contributed by atoms with van der Waals surface area (Å²) in [5.74, 6) is -1.24. The maximum Gasteiger partial charge on any atom is 0.325 e. The normalized spacial score (nSPS) is 22.2. The van der Waals surface area contributed by atoms with Crippen molar-refractivity contribution in [3.63, 3.8) is 0 Å². The van der Waals surface area contributed by atoms with Crippen molar-refractivity contribution in [3.05, 3.63) is 47.2 Å². The molecule has 0 saturated carbocycles. The molecule has 8 nitrogen and oxygen atoms in total. The van der Waals surface area contributed by atoms with Gasteiger partial charge in [-0.25, -0.2) is 14.2 Å². The minimum atomic E-state index is -1.32. The molecule has 2 aromatic rings. The Hall–Kier alpha value is -3.01. The van der Waals surface area contributed by atoms with E-state index in [2.05, 4.69) is 15.2 Å². The zero-order valence-electron chi connectivity index (χ0n) is 15.8. The maximum atomic E-state index is 13.2. The summed E-state index contributed by atoms with van der Waals surface area (Å²) in [5, 5.41) is 5.45. The summed E-state index contributed by atoms with van der Waals surface area (Å²) in [7, 11) is 0. The van der Waals surface area contributed by atoms with Crippen LogP contribution in [0.4, 0.5) is 14.3 Å². The van der Waals surface area contributed by atoms with Crippen molar-refractivity contribution in [3.8, 4) is 0 Å². The average Bonchev–Trinajstić information content (AvgIpc) is 3.32. The molecule has 10 heteroatoms. The van der Waals surface area contributed by atoms with Crippen LogP contribution < -0.4 is 10.2 Å². The molecular weight excluding hydrogens is 397 g/mol. The van der Waals surface area contributed by atoms with Gasteiger partial charge in [0, 0.05) is 37.8 Å². The van der Waals surface area contributed by atoms with Crippen molar-refractivity contribution < 1.29 is 18.8 Å². The van der Waals surface area contributed by atoms with Crippen molar-refractivity contribution >= 4 is 34.3 Å². The second kappa shape index (κ2) is 7.43. The van der Waals surface area contributed by atoms with Crippen LogP contribution in [-0.4, -0.2) is 65.4 Å². The van der Waals surface area contributed by atoms with Gasteiger partial charge in [0.2, 0.25) is 5.91 Å². The summed E-state index contributed by atoms with van der Waals surface area (Å²) >= 11 is 1.55. The Kier molecular flexibility index (Phi) is 4.95. The van der Waals surface area contributed by atoms with Crippen LogP contribution in [0.5, 0.6) is 0 Å². The van der Waals surface area contributed by atoms with Gasteiger partial charge in [-0.3, -0.25) is 14.5 Å². The lowest BCUT2D eigenvalue weighted by molar-refractivity contribution is -0.139. The molecule has 1 N–H and O–H groups in total. The van der Waals surface area contributed by atoms with E-state index in [1.54, 1.807) is 29.4 Å². The zero-order chi connectivity index (χ0) is 20.6. The number of urea groups is 1. The van der Waals surface area contributed by atoms with Crippen LogP contribution in [0.25, 0.3) is 0 Å². The van der Waals surface area contributed by atoms with Gasteiger partial charge in [0.1, 0.15) is 17.9 Å². The monoisotopic (exact) mass is 417 g/mol. The molecule has 1 atom stereocenters. The fourth-order valence-electron chi connectivity index (χ4n) is 3.57. The molecule has 2 fully saturated rings. The highest BCUT2D eigenvalue weighted by molar-refractivity contribution is 7.13. The summed E-state index contributed by atoms with van der Waals surface area (Å²) in [5.41, 5.74) is -0.863. The Morgan fingerprint density at radius 3 is 2.52 bits per heavy atom. The number of rotatable bonds is 4. The molecule has 152 valence electrons. The molecule has 0 unspecified atom stereocenters. The highest BCUT2D eigenvalue weighted by Gasteiger charge is 2.49. The number of hydrogen-bond acceptors (Lipinski definition) is 6. The number of hydrogen-bond donors (Lipinski definition) is 1.